The Kier molecular flexibility index (Phi) is 2.74. The molecule has 0 spiro atoms. The smallest absolute Gasteiger partial charge is 0.283 e. The van der Waals surface area contributed by atoms with Crippen LogP contribution in [0.25, 0.3) is 0 Å². The van der Waals surface area contributed by atoms with Crippen LogP contribution in [0, 0.1) is 10.1 Å². The molecule has 1 aromatic rings. The van der Waals surface area contributed by atoms with Crippen LogP contribution in [-0.4, -0.2) is 35.3 Å². The third kappa shape index (κ3) is 1.52. The van der Waals surface area contributed by atoms with Crippen LogP contribution in [0.1, 0.15) is 27.6 Å². The molecule has 0 aromatic heterocycles. The normalized spacial score (nSPS) is 13.8. The second-order valence-corrected chi connectivity index (χ2v) is 3.69. The van der Waals surface area contributed by atoms with E-state index in [0.717, 1.165) is 4.90 Å². The van der Waals surface area contributed by atoms with Crippen molar-refractivity contribution in [1.82, 2.24) is 4.90 Å². The first-order chi connectivity index (χ1) is 8.49. The highest BCUT2D eigenvalue weighted by atomic mass is 16.6. The SMILES string of the molecule is CCOc1ccc([N+](=O)[O-])c2c1C(=O)N(C)C2=O. The number of nitro groups is 1. The Hall–Kier alpha value is -2.44. The van der Waals surface area contributed by atoms with Gasteiger partial charge in [0.2, 0.25) is 0 Å². The van der Waals surface area contributed by atoms with Crippen LogP contribution in [0.5, 0.6) is 5.75 Å². The van der Waals surface area contributed by atoms with Gasteiger partial charge in [0.1, 0.15) is 16.9 Å². The molecule has 0 aliphatic carbocycles. The largest absolute Gasteiger partial charge is 0.493 e. The summed E-state index contributed by atoms with van der Waals surface area (Å²) in [7, 11) is 1.28. The fourth-order valence-electron chi connectivity index (χ4n) is 1.86. The quantitative estimate of drug-likeness (QED) is 0.457. The maximum atomic E-state index is 11.9. The second kappa shape index (κ2) is 4.10. The molecule has 2 rings (SSSR count). The molecule has 0 bridgehead atoms. The Bertz CT molecular complexity index is 567. The molecule has 7 nitrogen and oxygen atoms in total. The molecule has 0 fully saturated rings. The Morgan fingerprint density at radius 2 is 1.89 bits per heavy atom. The summed E-state index contributed by atoms with van der Waals surface area (Å²) in [5, 5.41) is 10.9. The number of benzene rings is 1. The van der Waals surface area contributed by atoms with Crippen LogP contribution in [0.2, 0.25) is 0 Å². The minimum Gasteiger partial charge on any atom is -0.493 e. The van der Waals surface area contributed by atoms with Gasteiger partial charge in [-0.2, -0.15) is 0 Å². The molecule has 1 aliphatic rings. The molecule has 0 saturated carbocycles. The van der Waals surface area contributed by atoms with Gasteiger partial charge in [-0.25, -0.2) is 0 Å². The Morgan fingerprint density at radius 1 is 1.28 bits per heavy atom. The summed E-state index contributed by atoms with van der Waals surface area (Å²) in [6.07, 6.45) is 0. The van der Waals surface area contributed by atoms with Crippen molar-refractivity contribution in [2.45, 2.75) is 6.92 Å². The average Bonchev–Trinajstić information content (AvgIpc) is 2.56. The first-order valence-electron chi connectivity index (χ1n) is 5.25. The van der Waals surface area contributed by atoms with E-state index < -0.39 is 16.7 Å². The summed E-state index contributed by atoms with van der Waals surface area (Å²) in [6, 6.07) is 2.51. The van der Waals surface area contributed by atoms with Gasteiger partial charge < -0.3 is 4.74 Å². The standard InChI is InChI=1S/C11H10N2O5/c1-3-18-7-5-4-6(13(16)17)8-9(7)11(15)12(2)10(8)14/h4-5H,3H2,1-2H3. The lowest BCUT2D eigenvalue weighted by Gasteiger charge is -2.07. The molecule has 94 valence electrons. The number of nitro benzene ring substituents is 1. The molecule has 7 heteroatoms. The first-order valence-corrected chi connectivity index (χ1v) is 5.25. The van der Waals surface area contributed by atoms with E-state index in [1.165, 1.54) is 19.2 Å². The highest BCUT2D eigenvalue weighted by Crippen LogP contribution is 2.36. The number of nitrogens with zero attached hydrogens (tertiary/aromatic N) is 2. The number of imide groups is 1. The van der Waals surface area contributed by atoms with Crippen LogP contribution in [0.3, 0.4) is 0 Å². The van der Waals surface area contributed by atoms with Crippen molar-refractivity contribution in [2.24, 2.45) is 0 Å². The lowest BCUT2D eigenvalue weighted by molar-refractivity contribution is -0.385. The Labute approximate surface area is 102 Å². The Balaban J connectivity index is 2.73. The predicted octanol–water partition coefficient (Wildman–Crippen LogP) is 1.22. The molecule has 2 amide bonds. The van der Waals surface area contributed by atoms with Gasteiger partial charge in [-0.1, -0.05) is 0 Å². The van der Waals surface area contributed by atoms with Gasteiger partial charge in [0.05, 0.1) is 11.5 Å². The third-order valence-corrected chi connectivity index (χ3v) is 2.68. The van der Waals surface area contributed by atoms with Crippen LogP contribution in [0.4, 0.5) is 5.69 Å². The van der Waals surface area contributed by atoms with Gasteiger partial charge in [-0.3, -0.25) is 24.6 Å². The lowest BCUT2D eigenvalue weighted by Crippen LogP contribution is -2.24. The second-order valence-electron chi connectivity index (χ2n) is 3.69. The zero-order valence-electron chi connectivity index (χ0n) is 9.80. The zero-order valence-corrected chi connectivity index (χ0v) is 9.80. The number of hydrogen-bond donors (Lipinski definition) is 0. The van der Waals surface area contributed by atoms with Gasteiger partial charge >= 0.3 is 0 Å². The molecule has 1 heterocycles. The van der Waals surface area contributed by atoms with Crippen LogP contribution in [-0.2, 0) is 0 Å². The number of carbonyl (C=O) groups is 2. The summed E-state index contributed by atoms with van der Waals surface area (Å²) in [5.41, 5.74) is -0.604. The summed E-state index contributed by atoms with van der Waals surface area (Å²) in [4.78, 5) is 34.8. The van der Waals surface area contributed by atoms with E-state index in [1.807, 2.05) is 0 Å². The minimum absolute atomic E-state index is 0.0291. The molecular weight excluding hydrogens is 240 g/mol. The molecule has 0 unspecified atom stereocenters. The van der Waals surface area contributed by atoms with Gasteiger partial charge in [0, 0.05) is 13.1 Å². The summed E-state index contributed by atoms with van der Waals surface area (Å²) >= 11 is 0. The summed E-state index contributed by atoms with van der Waals surface area (Å²) < 4.78 is 5.23. The minimum atomic E-state index is -0.682. The highest BCUT2D eigenvalue weighted by molar-refractivity contribution is 6.24. The summed E-state index contributed by atoms with van der Waals surface area (Å²) in [6.45, 7) is 2.02. The first kappa shape index (κ1) is 12.0. The molecule has 18 heavy (non-hydrogen) atoms. The van der Waals surface area contributed by atoms with Crippen molar-refractivity contribution in [3.8, 4) is 5.75 Å². The van der Waals surface area contributed by atoms with E-state index in [-0.39, 0.29) is 22.6 Å². The third-order valence-electron chi connectivity index (χ3n) is 2.68. The van der Waals surface area contributed by atoms with Gasteiger partial charge in [-0.05, 0) is 13.0 Å². The monoisotopic (exact) mass is 250 g/mol. The fourth-order valence-corrected chi connectivity index (χ4v) is 1.86. The van der Waals surface area contributed by atoms with Crippen molar-refractivity contribution >= 4 is 17.5 Å². The van der Waals surface area contributed by atoms with Crippen molar-refractivity contribution in [3.63, 3.8) is 0 Å². The number of amides is 2. The lowest BCUT2D eigenvalue weighted by atomic mass is 10.1. The fraction of sp³-hybridized carbons (Fsp3) is 0.273. The van der Waals surface area contributed by atoms with E-state index in [9.17, 15) is 19.7 Å². The number of fused-ring (bicyclic) bond motifs is 1. The van der Waals surface area contributed by atoms with Crippen molar-refractivity contribution < 1.29 is 19.2 Å². The van der Waals surface area contributed by atoms with E-state index in [1.54, 1.807) is 6.92 Å². The van der Waals surface area contributed by atoms with Gasteiger partial charge in [-0.15, -0.1) is 0 Å². The Morgan fingerprint density at radius 3 is 2.44 bits per heavy atom. The molecule has 1 aromatic carbocycles. The number of hydrogen-bond acceptors (Lipinski definition) is 5. The molecule has 0 atom stereocenters. The van der Waals surface area contributed by atoms with Crippen molar-refractivity contribution in [2.75, 3.05) is 13.7 Å². The maximum Gasteiger partial charge on any atom is 0.283 e. The van der Waals surface area contributed by atoms with Crippen LogP contribution < -0.4 is 4.74 Å². The maximum absolute atomic E-state index is 11.9. The number of rotatable bonds is 3. The summed E-state index contributed by atoms with van der Waals surface area (Å²) in [5.74, 6) is -1.06. The van der Waals surface area contributed by atoms with Gasteiger partial charge in [0.15, 0.2) is 0 Å². The number of ether oxygens (including phenoxy) is 1. The topological polar surface area (TPSA) is 89.8 Å². The number of carbonyl (C=O) groups excluding carboxylic acids is 2. The molecule has 0 N–H and O–H groups in total. The molecule has 0 saturated heterocycles. The average molecular weight is 250 g/mol. The van der Waals surface area contributed by atoms with Crippen molar-refractivity contribution in [3.05, 3.63) is 33.4 Å². The van der Waals surface area contributed by atoms with Crippen LogP contribution in [0.15, 0.2) is 12.1 Å². The van der Waals surface area contributed by atoms with Crippen molar-refractivity contribution in [1.29, 1.82) is 0 Å². The zero-order chi connectivity index (χ0) is 13.4. The van der Waals surface area contributed by atoms with E-state index in [4.69, 9.17) is 4.74 Å². The van der Waals surface area contributed by atoms with Gasteiger partial charge in [0.25, 0.3) is 17.5 Å². The molecule has 1 aliphatic heterocycles. The van der Waals surface area contributed by atoms with Crippen LogP contribution >= 0.6 is 0 Å². The predicted molar refractivity (Wildman–Crippen MR) is 60.7 cm³/mol. The highest BCUT2D eigenvalue weighted by Gasteiger charge is 2.41. The van der Waals surface area contributed by atoms with E-state index in [2.05, 4.69) is 0 Å². The molecular formula is C11H10N2O5. The van der Waals surface area contributed by atoms with E-state index in [0.29, 0.717) is 6.61 Å². The molecule has 0 radical (unpaired) electrons. The van der Waals surface area contributed by atoms with E-state index >= 15 is 0 Å².